The molecule has 0 aliphatic carbocycles. The summed E-state index contributed by atoms with van der Waals surface area (Å²) in [5.74, 6) is 1.42. The van der Waals surface area contributed by atoms with Gasteiger partial charge in [-0.3, -0.25) is 14.9 Å². The van der Waals surface area contributed by atoms with Crippen molar-refractivity contribution in [3.05, 3.63) is 56.3 Å². The summed E-state index contributed by atoms with van der Waals surface area (Å²) in [6.07, 6.45) is 0. The van der Waals surface area contributed by atoms with Gasteiger partial charge in [0.15, 0.2) is 0 Å². The number of thiophene rings is 1. The minimum atomic E-state index is -0.501. The van der Waals surface area contributed by atoms with Crippen molar-refractivity contribution in [2.24, 2.45) is 0 Å². The van der Waals surface area contributed by atoms with E-state index in [-0.39, 0.29) is 11.6 Å². The summed E-state index contributed by atoms with van der Waals surface area (Å²) in [7, 11) is 1.60. The van der Waals surface area contributed by atoms with Gasteiger partial charge in [-0.1, -0.05) is 6.07 Å². The third-order valence-corrected chi connectivity index (χ3v) is 5.15. The van der Waals surface area contributed by atoms with Crippen LogP contribution in [0, 0.1) is 10.1 Å². The average molecular weight is 351 g/mol. The maximum atomic E-state index is 12.0. The van der Waals surface area contributed by atoms with Crippen LogP contribution in [0.1, 0.15) is 15.2 Å². The zero-order valence-corrected chi connectivity index (χ0v) is 14.2. The lowest BCUT2D eigenvalue weighted by Crippen LogP contribution is -2.25. The van der Waals surface area contributed by atoms with E-state index in [1.807, 2.05) is 11.4 Å². The largest absolute Gasteiger partial charge is 0.383 e. The smallest absolute Gasteiger partial charge is 0.293 e. The molecule has 1 aromatic carbocycles. The highest BCUT2D eigenvalue weighted by Crippen LogP contribution is 2.25. The first kappa shape index (κ1) is 17.3. The van der Waals surface area contributed by atoms with Crippen LogP contribution in [0.2, 0.25) is 0 Å². The standard InChI is InChI=1S/C15H17N3O3S2/c1-16-13-5-4-11(9-14(13)18(20)21)15(19)17-6-8-22-10-12-3-2-7-23-12/h2-5,7,9,16H,6,8,10H2,1H3,(H,17,19). The molecule has 0 atom stereocenters. The predicted molar refractivity (Wildman–Crippen MR) is 95.5 cm³/mol. The zero-order valence-electron chi connectivity index (χ0n) is 12.6. The van der Waals surface area contributed by atoms with Gasteiger partial charge in [0, 0.05) is 41.6 Å². The Labute approximate surface area is 142 Å². The Hall–Kier alpha value is -2.06. The lowest BCUT2D eigenvalue weighted by Gasteiger charge is -2.07. The first-order chi connectivity index (χ1) is 11.1. The molecule has 23 heavy (non-hydrogen) atoms. The molecule has 2 rings (SSSR count). The van der Waals surface area contributed by atoms with Crippen molar-refractivity contribution >= 4 is 40.4 Å². The number of hydrogen-bond acceptors (Lipinski definition) is 6. The van der Waals surface area contributed by atoms with E-state index in [9.17, 15) is 14.9 Å². The topological polar surface area (TPSA) is 84.3 Å². The first-order valence-electron chi connectivity index (χ1n) is 6.96. The van der Waals surface area contributed by atoms with Gasteiger partial charge in [-0.2, -0.15) is 11.8 Å². The summed E-state index contributed by atoms with van der Waals surface area (Å²) in [6.45, 7) is 0.524. The molecule has 0 aliphatic heterocycles. The van der Waals surface area contributed by atoms with Gasteiger partial charge in [0.2, 0.25) is 0 Å². The number of amides is 1. The lowest BCUT2D eigenvalue weighted by atomic mass is 10.1. The fourth-order valence-corrected chi connectivity index (χ4v) is 3.64. The fourth-order valence-electron chi connectivity index (χ4n) is 1.94. The minimum Gasteiger partial charge on any atom is -0.383 e. The molecule has 0 bridgehead atoms. The number of thioether (sulfide) groups is 1. The van der Waals surface area contributed by atoms with Crippen LogP contribution in [0.5, 0.6) is 0 Å². The molecule has 1 amide bonds. The van der Waals surface area contributed by atoms with Gasteiger partial charge in [-0.25, -0.2) is 0 Å². The van der Waals surface area contributed by atoms with Crippen molar-refractivity contribution in [2.45, 2.75) is 5.75 Å². The number of nitro benzene ring substituents is 1. The number of carbonyl (C=O) groups is 1. The van der Waals surface area contributed by atoms with E-state index in [1.54, 1.807) is 42.3 Å². The molecule has 0 fully saturated rings. The summed E-state index contributed by atoms with van der Waals surface area (Å²) >= 11 is 3.45. The predicted octanol–water partition coefficient (Wildman–Crippen LogP) is 3.36. The highest BCUT2D eigenvalue weighted by Gasteiger charge is 2.16. The number of carbonyl (C=O) groups excluding carboxylic acids is 1. The Balaban J connectivity index is 1.83. The Morgan fingerprint density at radius 3 is 2.87 bits per heavy atom. The molecule has 0 unspecified atom stereocenters. The zero-order chi connectivity index (χ0) is 16.7. The SMILES string of the molecule is CNc1ccc(C(=O)NCCSCc2cccs2)cc1[N+](=O)[O-]. The van der Waals surface area contributed by atoms with E-state index in [2.05, 4.69) is 16.7 Å². The molecular formula is C15H17N3O3S2. The van der Waals surface area contributed by atoms with Crippen LogP contribution in [0.15, 0.2) is 35.7 Å². The summed E-state index contributed by atoms with van der Waals surface area (Å²) in [5.41, 5.74) is 0.573. The molecule has 122 valence electrons. The second kappa shape index (κ2) is 8.54. The van der Waals surface area contributed by atoms with Gasteiger partial charge in [0.05, 0.1) is 4.92 Å². The summed E-state index contributed by atoms with van der Waals surface area (Å²) in [6, 6.07) is 8.51. The van der Waals surface area contributed by atoms with Crippen LogP contribution in [0.25, 0.3) is 0 Å². The Morgan fingerprint density at radius 1 is 1.39 bits per heavy atom. The molecule has 8 heteroatoms. The number of nitro groups is 1. The average Bonchev–Trinajstić information content (AvgIpc) is 3.07. The van der Waals surface area contributed by atoms with Crippen molar-refractivity contribution in [3.8, 4) is 0 Å². The maximum absolute atomic E-state index is 12.0. The van der Waals surface area contributed by atoms with Gasteiger partial charge in [0.25, 0.3) is 11.6 Å². The first-order valence-corrected chi connectivity index (χ1v) is 8.99. The van der Waals surface area contributed by atoms with Crippen LogP contribution in [-0.4, -0.2) is 30.2 Å². The molecule has 0 radical (unpaired) electrons. The molecule has 0 aliphatic rings. The molecule has 0 saturated carbocycles. The van der Waals surface area contributed by atoms with Crippen LogP contribution < -0.4 is 10.6 Å². The summed E-state index contributed by atoms with van der Waals surface area (Å²) in [5, 5.41) is 18.6. The number of rotatable bonds is 8. The molecule has 1 heterocycles. The highest BCUT2D eigenvalue weighted by atomic mass is 32.2. The van der Waals surface area contributed by atoms with Crippen LogP contribution in [-0.2, 0) is 5.75 Å². The van der Waals surface area contributed by atoms with Crippen molar-refractivity contribution in [3.63, 3.8) is 0 Å². The van der Waals surface area contributed by atoms with Crippen LogP contribution >= 0.6 is 23.1 Å². The number of hydrogen-bond donors (Lipinski definition) is 2. The molecule has 0 saturated heterocycles. The molecule has 2 aromatic rings. The van der Waals surface area contributed by atoms with Crippen molar-refractivity contribution < 1.29 is 9.72 Å². The van der Waals surface area contributed by atoms with Crippen LogP contribution in [0.4, 0.5) is 11.4 Å². The Kier molecular flexibility index (Phi) is 6.42. The normalized spacial score (nSPS) is 10.3. The van der Waals surface area contributed by atoms with E-state index in [1.165, 1.54) is 10.9 Å². The quantitative estimate of drug-likeness (QED) is 0.433. The van der Waals surface area contributed by atoms with Gasteiger partial charge < -0.3 is 10.6 Å². The second-order valence-corrected chi connectivity index (χ2v) is 6.76. The van der Waals surface area contributed by atoms with E-state index < -0.39 is 4.92 Å². The Bertz CT molecular complexity index is 675. The van der Waals surface area contributed by atoms with E-state index in [0.717, 1.165) is 11.5 Å². The number of anilines is 1. The number of benzene rings is 1. The fraction of sp³-hybridized carbons (Fsp3) is 0.267. The summed E-state index contributed by atoms with van der Waals surface area (Å²) in [4.78, 5) is 23.9. The molecular weight excluding hydrogens is 334 g/mol. The van der Waals surface area contributed by atoms with Gasteiger partial charge in [0.1, 0.15) is 5.69 Å². The van der Waals surface area contributed by atoms with Crippen molar-refractivity contribution in [2.75, 3.05) is 24.7 Å². The van der Waals surface area contributed by atoms with Crippen molar-refractivity contribution in [1.82, 2.24) is 5.32 Å². The van der Waals surface area contributed by atoms with Gasteiger partial charge >= 0.3 is 0 Å². The third-order valence-electron chi connectivity index (χ3n) is 3.08. The van der Waals surface area contributed by atoms with Gasteiger partial charge in [-0.15, -0.1) is 11.3 Å². The van der Waals surface area contributed by atoms with Crippen LogP contribution in [0.3, 0.4) is 0 Å². The van der Waals surface area contributed by atoms with E-state index >= 15 is 0 Å². The third kappa shape index (κ3) is 4.97. The molecule has 6 nitrogen and oxygen atoms in total. The molecule has 0 spiro atoms. The Morgan fingerprint density at radius 2 is 2.22 bits per heavy atom. The van der Waals surface area contributed by atoms with E-state index in [4.69, 9.17) is 0 Å². The number of nitrogens with one attached hydrogen (secondary N) is 2. The lowest BCUT2D eigenvalue weighted by molar-refractivity contribution is -0.384. The second-order valence-electron chi connectivity index (χ2n) is 4.63. The number of nitrogens with zero attached hydrogens (tertiary/aromatic N) is 1. The van der Waals surface area contributed by atoms with Crippen molar-refractivity contribution in [1.29, 1.82) is 0 Å². The van der Waals surface area contributed by atoms with Gasteiger partial charge in [-0.05, 0) is 23.6 Å². The minimum absolute atomic E-state index is 0.104. The molecule has 1 aromatic heterocycles. The maximum Gasteiger partial charge on any atom is 0.293 e. The molecule has 2 N–H and O–H groups in total. The van der Waals surface area contributed by atoms with E-state index in [0.29, 0.717) is 17.8 Å². The summed E-state index contributed by atoms with van der Waals surface area (Å²) < 4.78 is 0. The highest BCUT2D eigenvalue weighted by molar-refractivity contribution is 7.98. The monoisotopic (exact) mass is 351 g/mol.